The van der Waals surface area contributed by atoms with Gasteiger partial charge in [0.25, 0.3) is 0 Å². The van der Waals surface area contributed by atoms with E-state index >= 15 is 0 Å². The minimum Gasteiger partial charge on any atom is -0.321 e. The molecule has 0 radical (unpaired) electrons. The van der Waals surface area contributed by atoms with Crippen molar-refractivity contribution >= 4 is 6.08 Å². The van der Waals surface area contributed by atoms with Crippen LogP contribution in [0.5, 0.6) is 0 Å². The van der Waals surface area contributed by atoms with Gasteiger partial charge < -0.3 is 9.80 Å². The molecule has 1 N–H and O–H groups in total. The van der Waals surface area contributed by atoms with Gasteiger partial charge in [0, 0.05) is 19.5 Å². The van der Waals surface area contributed by atoms with Crippen LogP contribution < -0.4 is 5.32 Å². The molecule has 0 amide bonds. The molecule has 0 saturated carbocycles. The first kappa shape index (κ1) is 13.3. The summed E-state index contributed by atoms with van der Waals surface area (Å²) < 4.78 is 1.27. The Morgan fingerprint density at radius 3 is 2.44 bits per heavy atom. The summed E-state index contributed by atoms with van der Waals surface area (Å²) >= 11 is 0. The van der Waals surface area contributed by atoms with Crippen molar-refractivity contribution in [2.24, 2.45) is 0 Å². The lowest BCUT2D eigenvalue weighted by Gasteiger charge is -2.41. The maximum atomic E-state index is 3.79. The van der Waals surface area contributed by atoms with Gasteiger partial charge in [-0.15, -0.1) is 0 Å². The van der Waals surface area contributed by atoms with E-state index in [-0.39, 0.29) is 0 Å². The molecule has 1 aliphatic rings. The zero-order valence-electron chi connectivity index (χ0n) is 11.5. The van der Waals surface area contributed by atoms with E-state index in [9.17, 15) is 0 Å². The standard InChI is InChI=1S/C16H25N2/c1-3-15-5-7-16(8-6-15)9-12-18(4-2)13-10-17-11-14-18/h3,5-8,17H,1,4,9-14H2,2H3/q+1. The number of hydrogen-bond acceptors (Lipinski definition) is 1. The molecule has 0 aromatic heterocycles. The molecule has 0 spiro atoms. The third kappa shape index (κ3) is 3.21. The van der Waals surface area contributed by atoms with Crippen molar-refractivity contribution < 1.29 is 4.48 Å². The van der Waals surface area contributed by atoms with Gasteiger partial charge in [0.1, 0.15) is 0 Å². The quantitative estimate of drug-likeness (QED) is 0.785. The van der Waals surface area contributed by atoms with Crippen LogP contribution in [0.2, 0.25) is 0 Å². The van der Waals surface area contributed by atoms with Crippen LogP contribution in [0.4, 0.5) is 0 Å². The van der Waals surface area contributed by atoms with Crippen molar-refractivity contribution in [3.05, 3.63) is 42.0 Å². The average molecular weight is 245 g/mol. The molecule has 1 aromatic rings. The second-order valence-corrected chi connectivity index (χ2v) is 5.27. The van der Waals surface area contributed by atoms with Crippen molar-refractivity contribution in [2.75, 3.05) is 39.3 Å². The maximum absolute atomic E-state index is 3.79. The van der Waals surface area contributed by atoms with Crippen LogP contribution in [0.3, 0.4) is 0 Å². The SMILES string of the molecule is C=Cc1ccc(CC[N+]2(CC)CCNCC2)cc1. The van der Waals surface area contributed by atoms with Gasteiger partial charge in [-0.25, -0.2) is 0 Å². The molecule has 1 aromatic carbocycles. The van der Waals surface area contributed by atoms with Gasteiger partial charge in [0.05, 0.1) is 26.2 Å². The van der Waals surface area contributed by atoms with E-state index in [4.69, 9.17) is 0 Å². The van der Waals surface area contributed by atoms with Gasteiger partial charge in [0.15, 0.2) is 0 Å². The smallest absolute Gasteiger partial charge is 0.0913 e. The summed E-state index contributed by atoms with van der Waals surface area (Å²) in [6.45, 7) is 13.5. The third-order valence-corrected chi connectivity index (χ3v) is 4.29. The van der Waals surface area contributed by atoms with Gasteiger partial charge in [-0.2, -0.15) is 0 Å². The molecule has 0 aliphatic carbocycles. The van der Waals surface area contributed by atoms with Crippen LogP contribution in [-0.2, 0) is 6.42 Å². The fraction of sp³-hybridized carbons (Fsp3) is 0.500. The van der Waals surface area contributed by atoms with Gasteiger partial charge in [-0.05, 0) is 18.1 Å². The van der Waals surface area contributed by atoms with E-state index in [1.165, 1.54) is 61.3 Å². The topological polar surface area (TPSA) is 12.0 Å². The van der Waals surface area contributed by atoms with Crippen LogP contribution >= 0.6 is 0 Å². The van der Waals surface area contributed by atoms with E-state index in [0.717, 1.165) is 0 Å². The van der Waals surface area contributed by atoms with Crippen molar-refractivity contribution in [2.45, 2.75) is 13.3 Å². The van der Waals surface area contributed by atoms with Crippen molar-refractivity contribution in [3.63, 3.8) is 0 Å². The summed E-state index contributed by atoms with van der Waals surface area (Å²) in [5, 5.41) is 3.46. The zero-order chi connectivity index (χ0) is 12.8. The summed E-state index contributed by atoms with van der Waals surface area (Å²) in [6, 6.07) is 8.81. The van der Waals surface area contributed by atoms with E-state index in [2.05, 4.69) is 43.1 Å². The van der Waals surface area contributed by atoms with E-state index < -0.39 is 0 Å². The predicted octanol–water partition coefficient (Wildman–Crippen LogP) is 2.31. The number of quaternary nitrogens is 1. The summed E-state index contributed by atoms with van der Waals surface area (Å²) in [5.74, 6) is 0. The Balaban J connectivity index is 1.94. The highest BCUT2D eigenvalue weighted by atomic mass is 15.4. The van der Waals surface area contributed by atoms with Crippen LogP contribution in [0.1, 0.15) is 18.1 Å². The number of rotatable bonds is 5. The fourth-order valence-corrected chi connectivity index (χ4v) is 2.75. The molecule has 1 heterocycles. The summed E-state index contributed by atoms with van der Waals surface area (Å²) in [5.41, 5.74) is 2.66. The first-order valence-electron chi connectivity index (χ1n) is 7.05. The Kier molecular flexibility index (Phi) is 4.56. The maximum Gasteiger partial charge on any atom is 0.0913 e. The fourth-order valence-electron chi connectivity index (χ4n) is 2.75. The van der Waals surface area contributed by atoms with E-state index in [1.54, 1.807) is 0 Å². The second kappa shape index (κ2) is 6.17. The molecule has 2 rings (SSSR count). The lowest BCUT2D eigenvalue weighted by molar-refractivity contribution is -0.927. The van der Waals surface area contributed by atoms with Crippen molar-refractivity contribution in [1.29, 1.82) is 0 Å². The second-order valence-electron chi connectivity index (χ2n) is 5.27. The molecular formula is C16H25N2+. The lowest BCUT2D eigenvalue weighted by atomic mass is 10.1. The Morgan fingerprint density at radius 2 is 1.89 bits per heavy atom. The molecule has 1 aliphatic heterocycles. The Morgan fingerprint density at radius 1 is 1.22 bits per heavy atom. The number of nitrogens with one attached hydrogen (secondary N) is 1. The van der Waals surface area contributed by atoms with Crippen LogP contribution in [0.25, 0.3) is 6.08 Å². The van der Waals surface area contributed by atoms with Crippen LogP contribution in [0, 0.1) is 0 Å². The number of nitrogens with zero attached hydrogens (tertiary/aromatic N) is 1. The summed E-state index contributed by atoms with van der Waals surface area (Å²) in [6.07, 6.45) is 3.09. The number of hydrogen-bond donors (Lipinski definition) is 1. The summed E-state index contributed by atoms with van der Waals surface area (Å²) in [4.78, 5) is 0. The molecule has 0 unspecified atom stereocenters. The van der Waals surface area contributed by atoms with Crippen LogP contribution in [-0.4, -0.2) is 43.8 Å². The number of likely N-dealkylation sites (N-methyl/N-ethyl adjacent to an activating group) is 1. The molecule has 0 atom stereocenters. The molecular weight excluding hydrogens is 220 g/mol. The molecule has 1 saturated heterocycles. The minimum absolute atomic E-state index is 1.17. The molecule has 2 nitrogen and oxygen atoms in total. The number of piperazine rings is 1. The monoisotopic (exact) mass is 245 g/mol. The zero-order valence-corrected chi connectivity index (χ0v) is 11.5. The predicted molar refractivity (Wildman–Crippen MR) is 78.5 cm³/mol. The Labute approximate surface area is 111 Å². The summed E-state index contributed by atoms with van der Waals surface area (Å²) in [7, 11) is 0. The molecule has 1 fully saturated rings. The Hall–Kier alpha value is -1.12. The van der Waals surface area contributed by atoms with Gasteiger partial charge in [-0.1, -0.05) is 36.9 Å². The molecule has 0 bridgehead atoms. The van der Waals surface area contributed by atoms with Crippen LogP contribution in [0.15, 0.2) is 30.8 Å². The highest BCUT2D eigenvalue weighted by molar-refractivity contribution is 5.47. The van der Waals surface area contributed by atoms with E-state index in [0.29, 0.717) is 0 Å². The van der Waals surface area contributed by atoms with Gasteiger partial charge in [-0.3, -0.25) is 0 Å². The molecule has 98 valence electrons. The highest BCUT2D eigenvalue weighted by Crippen LogP contribution is 2.12. The first-order valence-corrected chi connectivity index (χ1v) is 7.05. The third-order valence-electron chi connectivity index (χ3n) is 4.29. The first-order chi connectivity index (χ1) is 8.78. The lowest BCUT2D eigenvalue weighted by Crippen LogP contribution is -2.59. The Bertz CT molecular complexity index is 375. The van der Waals surface area contributed by atoms with E-state index in [1.807, 2.05) is 6.08 Å². The molecule has 18 heavy (non-hydrogen) atoms. The largest absolute Gasteiger partial charge is 0.321 e. The van der Waals surface area contributed by atoms with Crippen molar-refractivity contribution in [3.8, 4) is 0 Å². The normalized spacial score (nSPS) is 18.5. The highest BCUT2D eigenvalue weighted by Gasteiger charge is 2.27. The molecule has 2 heteroatoms. The van der Waals surface area contributed by atoms with Gasteiger partial charge >= 0.3 is 0 Å². The van der Waals surface area contributed by atoms with Gasteiger partial charge in [0.2, 0.25) is 0 Å². The van der Waals surface area contributed by atoms with Crippen molar-refractivity contribution in [1.82, 2.24) is 5.32 Å². The minimum atomic E-state index is 1.17. The average Bonchev–Trinajstić information content (AvgIpc) is 2.47. The number of benzene rings is 1.